The zero-order valence-corrected chi connectivity index (χ0v) is 14.3. The smallest absolute Gasteiger partial charge is 0.232 e. The zero-order valence-electron chi connectivity index (χ0n) is 13.5. The van der Waals surface area contributed by atoms with E-state index in [1.807, 2.05) is 30.0 Å². The van der Waals surface area contributed by atoms with Crippen molar-refractivity contribution < 1.29 is 0 Å². The second-order valence-electron chi connectivity index (χ2n) is 5.79. The third-order valence-electron chi connectivity index (χ3n) is 4.09. The SMILES string of the molecule is CCc1ccccc1Nc1nc(N)nc(CSC2CCCC2)n1. The normalized spacial score (nSPS) is 15.0. The lowest BCUT2D eigenvalue weighted by molar-refractivity contribution is 0.886. The number of thioether (sulfide) groups is 1. The summed E-state index contributed by atoms with van der Waals surface area (Å²) in [4.78, 5) is 13.0. The van der Waals surface area contributed by atoms with Gasteiger partial charge in [-0.1, -0.05) is 38.0 Å². The third kappa shape index (κ3) is 4.34. The molecule has 0 aliphatic heterocycles. The summed E-state index contributed by atoms with van der Waals surface area (Å²) in [6.07, 6.45) is 6.25. The second-order valence-corrected chi connectivity index (χ2v) is 7.08. The van der Waals surface area contributed by atoms with E-state index < -0.39 is 0 Å². The lowest BCUT2D eigenvalue weighted by Gasteiger charge is -2.11. The molecular formula is C17H23N5S. The van der Waals surface area contributed by atoms with E-state index in [4.69, 9.17) is 5.73 Å². The molecule has 122 valence electrons. The largest absolute Gasteiger partial charge is 0.368 e. The number of nitrogen functional groups attached to an aromatic ring is 1. The van der Waals surface area contributed by atoms with Crippen molar-refractivity contribution >= 4 is 29.3 Å². The Morgan fingerprint density at radius 3 is 2.74 bits per heavy atom. The van der Waals surface area contributed by atoms with Crippen molar-refractivity contribution in [2.75, 3.05) is 11.1 Å². The van der Waals surface area contributed by atoms with Crippen molar-refractivity contribution in [3.05, 3.63) is 35.7 Å². The number of anilines is 3. The van der Waals surface area contributed by atoms with Gasteiger partial charge in [0.2, 0.25) is 11.9 Å². The molecule has 1 aromatic heterocycles. The molecule has 3 N–H and O–H groups in total. The van der Waals surface area contributed by atoms with Crippen LogP contribution in [0.15, 0.2) is 24.3 Å². The van der Waals surface area contributed by atoms with Crippen LogP contribution in [0.2, 0.25) is 0 Å². The first-order chi connectivity index (χ1) is 11.2. The standard InChI is InChI=1S/C17H23N5S/c1-2-12-7-3-6-10-14(12)19-17-21-15(20-16(18)22-17)11-23-13-8-4-5-9-13/h3,6-7,10,13H,2,4-5,8-9,11H2,1H3,(H3,18,19,20,21,22). The molecule has 5 nitrogen and oxygen atoms in total. The van der Waals surface area contributed by atoms with Crippen molar-refractivity contribution in [1.82, 2.24) is 15.0 Å². The van der Waals surface area contributed by atoms with Gasteiger partial charge in [0.25, 0.3) is 0 Å². The van der Waals surface area contributed by atoms with Crippen molar-refractivity contribution in [2.45, 2.75) is 50.0 Å². The zero-order chi connectivity index (χ0) is 16.1. The Balaban J connectivity index is 1.71. The van der Waals surface area contributed by atoms with Gasteiger partial charge in [-0.15, -0.1) is 0 Å². The molecule has 0 spiro atoms. The fourth-order valence-electron chi connectivity index (χ4n) is 2.88. The van der Waals surface area contributed by atoms with Crippen LogP contribution in [0.25, 0.3) is 0 Å². The highest BCUT2D eigenvalue weighted by Gasteiger charge is 2.16. The average molecular weight is 329 g/mol. The Kier molecular flexibility index (Phi) is 5.33. The molecule has 1 aliphatic rings. The van der Waals surface area contributed by atoms with Gasteiger partial charge in [-0.25, -0.2) is 0 Å². The number of benzene rings is 1. The first kappa shape index (κ1) is 16.1. The molecule has 1 saturated carbocycles. The molecule has 0 radical (unpaired) electrons. The molecule has 1 heterocycles. The summed E-state index contributed by atoms with van der Waals surface area (Å²) in [5.74, 6) is 2.35. The Hall–Kier alpha value is -1.82. The summed E-state index contributed by atoms with van der Waals surface area (Å²) in [7, 11) is 0. The van der Waals surface area contributed by atoms with E-state index in [9.17, 15) is 0 Å². The number of para-hydroxylation sites is 1. The quantitative estimate of drug-likeness (QED) is 0.836. The molecule has 0 amide bonds. The Morgan fingerprint density at radius 1 is 1.17 bits per heavy atom. The highest BCUT2D eigenvalue weighted by atomic mass is 32.2. The van der Waals surface area contributed by atoms with E-state index in [-0.39, 0.29) is 5.95 Å². The van der Waals surface area contributed by atoms with E-state index in [1.165, 1.54) is 31.2 Å². The van der Waals surface area contributed by atoms with Crippen LogP contribution in [0, 0.1) is 0 Å². The van der Waals surface area contributed by atoms with Crippen LogP contribution in [-0.2, 0) is 12.2 Å². The van der Waals surface area contributed by atoms with Crippen LogP contribution in [-0.4, -0.2) is 20.2 Å². The summed E-state index contributed by atoms with van der Waals surface area (Å²) < 4.78 is 0. The van der Waals surface area contributed by atoms with E-state index in [0.29, 0.717) is 5.95 Å². The van der Waals surface area contributed by atoms with Gasteiger partial charge < -0.3 is 11.1 Å². The van der Waals surface area contributed by atoms with E-state index in [0.717, 1.165) is 28.9 Å². The molecule has 0 atom stereocenters. The van der Waals surface area contributed by atoms with Crippen molar-refractivity contribution in [3.8, 4) is 0 Å². The van der Waals surface area contributed by atoms with Gasteiger partial charge in [-0.05, 0) is 30.9 Å². The number of nitrogens with two attached hydrogens (primary N) is 1. The summed E-state index contributed by atoms with van der Waals surface area (Å²) >= 11 is 1.93. The molecule has 2 aromatic rings. The molecule has 23 heavy (non-hydrogen) atoms. The monoisotopic (exact) mass is 329 g/mol. The topological polar surface area (TPSA) is 76.7 Å². The van der Waals surface area contributed by atoms with Gasteiger partial charge in [0.1, 0.15) is 5.82 Å². The minimum Gasteiger partial charge on any atom is -0.368 e. The number of aromatic nitrogens is 3. The van der Waals surface area contributed by atoms with Crippen LogP contribution >= 0.6 is 11.8 Å². The number of hydrogen-bond donors (Lipinski definition) is 2. The Morgan fingerprint density at radius 2 is 1.96 bits per heavy atom. The molecule has 0 unspecified atom stereocenters. The lowest BCUT2D eigenvalue weighted by atomic mass is 10.1. The number of nitrogens with one attached hydrogen (secondary N) is 1. The predicted octanol–water partition coefficient (Wildman–Crippen LogP) is 3.94. The maximum Gasteiger partial charge on any atom is 0.232 e. The van der Waals surface area contributed by atoms with Crippen molar-refractivity contribution in [2.24, 2.45) is 0 Å². The number of aryl methyl sites for hydroxylation is 1. The number of rotatable bonds is 6. The molecule has 1 fully saturated rings. The van der Waals surface area contributed by atoms with Crippen LogP contribution in [0.1, 0.15) is 44.0 Å². The summed E-state index contributed by atoms with van der Waals surface area (Å²) in [6.45, 7) is 2.13. The van der Waals surface area contributed by atoms with Crippen LogP contribution in [0.3, 0.4) is 0 Å². The highest BCUT2D eigenvalue weighted by molar-refractivity contribution is 7.99. The van der Waals surface area contributed by atoms with Gasteiger partial charge in [-0.3, -0.25) is 0 Å². The first-order valence-electron chi connectivity index (χ1n) is 8.21. The average Bonchev–Trinajstić information content (AvgIpc) is 3.06. The maximum absolute atomic E-state index is 5.86. The molecule has 6 heteroatoms. The third-order valence-corrected chi connectivity index (χ3v) is 5.46. The summed E-state index contributed by atoms with van der Waals surface area (Å²) in [5.41, 5.74) is 8.11. The Bertz CT molecular complexity index is 655. The maximum atomic E-state index is 5.86. The van der Waals surface area contributed by atoms with Gasteiger partial charge in [0, 0.05) is 10.9 Å². The molecule has 1 aromatic carbocycles. The molecule has 3 rings (SSSR count). The molecule has 1 aliphatic carbocycles. The minimum atomic E-state index is 0.276. The van der Waals surface area contributed by atoms with E-state index >= 15 is 0 Å². The minimum absolute atomic E-state index is 0.276. The van der Waals surface area contributed by atoms with E-state index in [2.05, 4.69) is 33.3 Å². The summed E-state index contributed by atoms with van der Waals surface area (Å²) in [5, 5.41) is 4.02. The van der Waals surface area contributed by atoms with Gasteiger partial charge >= 0.3 is 0 Å². The molecule has 0 bridgehead atoms. The highest BCUT2D eigenvalue weighted by Crippen LogP contribution is 2.31. The van der Waals surface area contributed by atoms with Gasteiger partial charge in [0.15, 0.2) is 0 Å². The molecule has 0 saturated heterocycles. The van der Waals surface area contributed by atoms with Crippen molar-refractivity contribution in [1.29, 1.82) is 0 Å². The fraction of sp³-hybridized carbons (Fsp3) is 0.471. The number of hydrogen-bond acceptors (Lipinski definition) is 6. The van der Waals surface area contributed by atoms with Crippen molar-refractivity contribution in [3.63, 3.8) is 0 Å². The Labute approximate surface area is 141 Å². The molecular weight excluding hydrogens is 306 g/mol. The first-order valence-corrected chi connectivity index (χ1v) is 9.26. The van der Waals surface area contributed by atoms with Gasteiger partial charge in [0.05, 0.1) is 5.75 Å². The summed E-state index contributed by atoms with van der Waals surface area (Å²) in [6, 6.07) is 8.17. The fourth-order valence-corrected chi connectivity index (χ4v) is 4.06. The van der Waals surface area contributed by atoms with E-state index in [1.54, 1.807) is 0 Å². The van der Waals surface area contributed by atoms with Crippen LogP contribution in [0.5, 0.6) is 0 Å². The number of nitrogens with zero attached hydrogens (tertiary/aromatic N) is 3. The predicted molar refractivity (Wildman–Crippen MR) is 96.9 cm³/mol. The van der Waals surface area contributed by atoms with Crippen LogP contribution < -0.4 is 11.1 Å². The van der Waals surface area contributed by atoms with Gasteiger partial charge in [-0.2, -0.15) is 26.7 Å². The second kappa shape index (κ2) is 7.64. The van der Waals surface area contributed by atoms with Crippen LogP contribution in [0.4, 0.5) is 17.6 Å². The lowest BCUT2D eigenvalue weighted by Crippen LogP contribution is -2.08.